The van der Waals surface area contributed by atoms with Crippen molar-refractivity contribution < 1.29 is 13.6 Å². The van der Waals surface area contributed by atoms with Gasteiger partial charge < -0.3 is 11.1 Å². The van der Waals surface area contributed by atoms with Crippen LogP contribution >= 0.6 is 28.1 Å². The topological polar surface area (TPSA) is 55.1 Å². The molecule has 1 aromatic carbocycles. The van der Waals surface area contributed by atoms with Crippen LogP contribution in [0.2, 0.25) is 0 Å². The second-order valence-corrected chi connectivity index (χ2v) is 5.79. The summed E-state index contributed by atoms with van der Waals surface area (Å²) in [6.07, 6.45) is 1.95. The van der Waals surface area contributed by atoms with Crippen LogP contribution in [-0.4, -0.2) is 10.9 Å². The molecule has 0 bridgehead atoms. The fraction of sp³-hybridized carbons (Fsp3) is 0.333. The predicted molar refractivity (Wildman–Crippen MR) is 75.8 cm³/mol. The lowest BCUT2D eigenvalue weighted by Gasteiger charge is -2.39. The molecule has 1 aromatic rings. The third kappa shape index (κ3) is 2.49. The Morgan fingerprint density at radius 3 is 2.47 bits per heavy atom. The van der Waals surface area contributed by atoms with E-state index in [9.17, 15) is 13.6 Å². The molecular formula is C12H11BrF2N2OS. The summed E-state index contributed by atoms with van der Waals surface area (Å²) in [5.74, 6) is -2.02. The number of anilines is 1. The number of rotatable bonds is 3. The smallest absolute Gasteiger partial charge is 0.237 e. The van der Waals surface area contributed by atoms with Crippen molar-refractivity contribution in [3.63, 3.8) is 0 Å². The van der Waals surface area contributed by atoms with E-state index < -0.39 is 23.0 Å². The van der Waals surface area contributed by atoms with E-state index in [1.807, 2.05) is 0 Å². The van der Waals surface area contributed by atoms with Crippen LogP contribution < -0.4 is 11.1 Å². The van der Waals surface area contributed by atoms with Gasteiger partial charge in [0.25, 0.3) is 0 Å². The lowest BCUT2D eigenvalue weighted by Crippen LogP contribution is -2.50. The number of thiocarbonyl (C=S) groups is 1. The molecule has 3 nitrogen and oxygen atoms in total. The van der Waals surface area contributed by atoms with Crippen LogP contribution in [0.3, 0.4) is 0 Å². The average Bonchev–Trinajstić information content (AvgIpc) is 2.20. The maximum Gasteiger partial charge on any atom is 0.237 e. The fourth-order valence-corrected chi connectivity index (χ4v) is 2.81. The molecule has 0 heterocycles. The van der Waals surface area contributed by atoms with Gasteiger partial charge in [-0.1, -0.05) is 18.6 Å². The standard InChI is InChI=1S/C12H11BrF2N2OS/c13-7-4-6(14)5-8(15)9(7)17-11(18)12(10(16)19)2-1-3-12/h4-5H,1-3H2,(H2,16,19)(H,17,18). The fourth-order valence-electron chi connectivity index (χ4n) is 2.01. The summed E-state index contributed by atoms with van der Waals surface area (Å²) in [6, 6.07) is 1.78. The summed E-state index contributed by atoms with van der Waals surface area (Å²) in [5.41, 5.74) is 4.58. The normalized spacial score (nSPS) is 16.6. The van der Waals surface area contributed by atoms with Gasteiger partial charge in [0.2, 0.25) is 5.91 Å². The van der Waals surface area contributed by atoms with Gasteiger partial charge in [-0.05, 0) is 34.8 Å². The van der Waals surface area contributed by atoms with Crippen molar-refractivity contribution in [2.24, 2.45) is 11.1 Å². The zero-order valence-electron chi connectivity index (χ0n) is 9.80. The van der Waals surface area contributed by atoms with Crippen LogP contribution in [0.4, 0.5) is 14.5 Å². The summed E-state index contributed by atoms with van der Waals surface area (Å²) >= 11 is 7.92. The Morgan fingerprint density at radius 2 is 2.05 bits per heavy atom. The number of hydrogen-bond acceptors (Lipinski definition) is 2. The number of amides is 1. The summed E-state index contributed by atoms with van der Waals surface area (Å²) in [7, 11) is 0. The lowest BCUT2D eigenvalue weighted by molar-refractivity contribution is -0.125. The number of halogens is 3. The number of nitrogens with one attached hydrogen (secondary N) is 1. The quantitative estimate of drug-likeness (QED) is 0.825. The first kappa shape index (κ1) is 14.3. The monoisotopic (exact) mass is 348 g/mol. The highest BCUT2D eigenvalue weighted by Crippen LogP contribution is 2.42. The third-order valence-corrected chi connectivity index (χ3v) is 4.37. The number of carbonyl (C=O) groups excluding carboxylic acids is 1. The first-order chi connectivity index (χ1) is 8.86. The van der Waals surface area contributed by atoms with Crippen molar-refractivity contribution in [2.45, 2.75) is 19.3 Å². The molecule has 0 radical (unpaired) electrons. The van der Waals surface area contributed by atoms with Gasteiger partial charge >= 0.3 is 0 Å². The Morgan fingerprint density at radius 1 is 1.42 bits per heavy atom. The summed E-state index contributed by atoms with van der Waals surface area (Å²) in [5, 5.41) is 2.43. The zero-order valence-corrected chi connectivity index (χ0v) is 12.2. The van der Waals surface area contributed by atoms with Crippen molar-refractivity contribution in [3.05, 3.63) is 28.2 Å². The molecule has 0 aromatic heterocycles. The van der Waals surface area contributed by atoms with E-state index in [2.05, 4.69) is 21.2 Å². The number of hydrogen-bond donors (Lipinski definition) is 2. The molecule has 7 heteroatoms. The largest absolute Gasteiger partial charge is 0.392 e. The van der Waals surface area contributed by atoms with Crippen molar-refractivity contribution >= 4 is 44.7 Å². The molecule has 1 aliphatic rings. The molecule has 1 fully saturated rings. The van der Waals surface area contributed by atoms with Gasteiger partial charge in [0.1, 0.15) is 5.82 Å². The average molecular weight is 349 g/mol. The minimum Gasteiger partial charge on any atom is -0.392 e. The van der Waals surface area contributed by atoms with Crippen molar-refractivity contribution in [3.8, 4) is 0 Å². The van der Waals surface area contributed by atoms with E-state index in [4.69, 9.17) is 18.0 Å². The first-order valence-corrected chi connectivity index (χ1v) is 6.83. The second-order valence-electron chi connectivity index (χ2n) is 4.50. The maximum atomic E-state index is 13.6. The molecule has 1 aliphatic carbocycles. The molecule has 0 aliphatic heterocycles. The summed E-state index contributed by atoms with van der Waals surface area (Å²) in [6.45, 7) is 0. The number of nitrogens with two attached hydrogens (primary N) is 1. The van der Waals surface area contributed by atoms with Gasteiger partial charge in [-0.2, -0.15) is 0 Å². The van der Waals surface area contributed by atoms with E-state index in [0.29, 0.717) is 18.9 Å². The van der Waals surface area contributed by atoms with Crippen LogP contribution in [-0.2, 0) is 4.79 Å². The third-order valence-electron chi connectivity index (χ3n) is 3.36. The van der Waals surface area contributed by atoms with Crippen molar-refractivity contribution in [1.82, 2.24) is 0 Å². The highest BCUT2D eigenvalue weighted by atomic mass is 79.9. The summed E-state index contributed by atoms with van der Waals surface area (Å²) < 4.78 is 26.7. The van der Waals surface area contributed by atoms with Crippen molar-refractivity contribution in [2.75, 3.05) is 5.32 Å². The lowest BCUT2D eigenvalue weighted by atomic mass is 9.68. The van der Waals surface area contributed by atoms with E-state index in [0.717, 1.165) is 12.5 Å². The molecule has 19 heavy (non-hydrogen) atoms. The Hall–Kier alpha value is -1.08. The molecule has 0 atom stereocenters. The highest BCUT2D eigenvalue weighted by molar-refractivity contribution is 9.10. The highest BCUT2D eigenvalue weighted by Gasteiger charge is 2.47. The van der Waals surface area contributed by atoms with Crippen LogP contribution in [0.25, 0.3) is 0 Å². The van der Waals surface area contributed by atoms with Crippen LogP contribution in [0.1, 0.15) is 19.3 Å². The summed E-state index contributed by atoms with van der Waals surface area (Å²) in [4.78, 5) is 12.3. The second kappa shape index (κ2) is 5.13. The molecule has 102 valence electrons. The van der Waals surface area contributed by atoms with Crippen LogP contribution in [0, 0.1) is 17.0 Å². The van der Waals surface area contributed by atoms with Gasteiger partial charge in [0.15, 0.2) is 5.82 Å². The number of benzene rings is 1. The predicted octanol–water partition coefficient (Wildman–Crippen LogP) is 3.12. The maximum absolute atomic E-state index is 13.6. The van der Waals surface area contributed by atoms with E-state index in [-0.39, 0.29) is 15.1 Å². The molecule has 2 rings (SSSR count). The minimum atomic E-state index is -0.907. The molecule has 0 spiro atoms. The van der Waals surface area contributed by atoms with E-state index in [1.54, 1.807) is 0 Å². The van der Waals surface area contributed by atoms with Crippen LogP contribution in [0.15, 0.2) is 16.6 Å². The van der Waals surface area contributed by atoms with Gasteiger partial charge in [0, 0.05) is 10.5 Å². The Kier molecular flexibility index (Phi) is 3.87. The van der Waals surface area contributed by atoms with E-state index >= 15 is 0 Å². The molecule has 0 unspecified atom stereocenters. The molecule has 3 N–H and O–H groups in total. The Bertz CT molecular complexity index is 538. The van der Waals surface area contributed by atoms with E-state index in [1.165, 1.54) is 0 Å². The minimum absolute atomic E-state index is 0.103. The zero-order chi connectivity index (χ0) is 14.2. The van der Waals surface area contributed by atoms with Gasteiger partial charge in [-0.25, -0.2) is 8.78 Å². The Balaban J connectivity index is 2.27. The SMILES string of the molecule is NC(=S)C1(C(=O)Nc2c(F)cc(F)cc2Br)CCC1. The van der Waals surface area contributed by atoms with Crippen LogP contribution in [0.5, 0.6) is 0 Å². The molecule has 1 saturated carbocycles. The number of carbonyl (C=O) groups is 1. The molecular weight excluding hydrogens is 338 g/mol. The first-order valence-electron chi connectivity index (χ1n) is 5.63. The van der Waals surface area contributed by atoms with Gasteiger partial charge in [-0.15, -0.1) is 0 Å². The van der Waals surface area contributed by atoms with Gasteiger partial charge in [0.05, 0.1) is 16.1 Å². The molecule has 0 saturated heterocycles. The van der Waals surface area contributed by atoms with Gasteiger partial charge in [-0.3, -0.25) is 4.79 Å². The molecule has 1 amide bonds. The Labute approximate surface area is 122 Å². The van der Waals surface area contributed by atoms with Crippen molar-refractivity contribution in [1.29, 1.82) is 0 Å².